The van der Waals surface area contributed by atoms with E-state index in [1.807, 2.05) is 36.1 Å². The number of nitrogens with one attached hydrogen (secondary N) is 1. The summed E-state index contributed by atoms with van der Waals surface area (Å²) in [5.74, 6) is -0.0964. The molecule has 0 bridgehead atoms. The van der Waals surface area contributed by atoms with Crippen molar-refractivity contribution in [2.75, 3.05) is 26.3 Å². The number of aliphatic hydroxyl groups excluding tert-OH is 1. The van der Waals surface area contributed by atoms with Crippen LogP contribution in [0.1, 0.15) is 28.8 Å². The minimum absolute atomic E-state index is 0.0165. The zero-order valence-electron chi connectivity index (χ0n) is 15.5. The highest BCUT2D eigenvalue weighted by Crippen LogP contribution is 2.28. The summed E-state index contributed by atoms with van der Waals surface area (Å²) in [7, 11) is 0. The zero-order valence-corrected chi connectivity index (χ0v) is 15.5. The van der Waals surface area contributed by atoms with Gasteiger partial charge >= 0.3 is 0 Å². The largest absolute Gasteiger partial charge is 0.388 e. The Hall–Kier alpha value is -1.96. The summed E-state index contributed by atoms with van der Waals surface area (Å²) < 4.78 is 11.1. The summed E-state index contributed by atoms with van der Waals surface area (Å²) in [6, 6.07) is 7.37. The van der Waals surface area contributed by atoms with Crippen molar-refractivity contribution < 1.29 is 24.2 Å². The number of ether oxygens (including phenoxy) is 2. The van der Waals surface area contributed by atoms with Crippen molar-refractivity contribution in [3.8, 4) is 0 Å². The lowest BCUT2D eigenvalue weighted by Gasteiger charge is -2.32. The monoisotopic (exact) mass is 374 g/mol. The fourth-order valence-electron chi connectivity index (χ4n) is 4.23. The molecule has 1 aromatic carbocycles. The number of carbonyl (C=O) groups is 2. The molecule has 0 aromatic heterocycles. The molecule has 2 N–H and O–H groups in total. The second-order valence-electron chi connectivity index (χ2n) is 7.66. The molecular formula is C20H26N2O5. The van der Waals surface area contributed by atoms with E-state index in [0.717, 1.165) is 11.1 Å². The third-order valence-corrected chi connectivity index (χ3v) is 5.88. The van der Waals surface area contributed by atoms with Gasteiger partial charge in [-0.3, -0.25) is 9.59 Å². The molecule has 0 saturated carbocycles. The zero-order chi connectivity index (χ0) is 19.0. The number of carbonyl (C=O) groups excluding carboxylic acids is 2. The maximum atomic E-state index is 12.7. The van der Waals surface area contributed by atoms with E-state index in [2.05, 4.69) is 5.32 Å². The summed E-state index contributed by atoms with van der Waals surface area (Å²) in [6.07, 6.45) is 0.0617. The molecule has 3 aliphatic rings. The Labute approximate surface area is 158 Å². The number of aryl methyl sites for hydroxylation is 1. The number of benzene rings is 1. The lowest BCUT2D eigenvalue weighted by Crippen LogP contribution is -2.49. The Kier molecular flexibility index (Phi) is 5.16. The van der Waals surface area contributed by atoms with E-state index in [0.29, 0.717) is 32.5 Å². The Balaban J connectivity index is 1.30. The number of amides is 2. The predicted molar refractivity (Wildman–Crippen MR) is 97.2 cm³/mol. The van der Waals surface area contributed by atoms with Gasteiger partial charge in [-0.05, 0) is 31.4 Å². The lowest BCUT2D eigenvalue weighted by molar-refractivity contribution is -0.127. The molecule has 4 atom stereocenters. The SMILES string of the molecule is Cc1ccccc1C(=O)N1CCC(C(=O)N[C@H]2CO[C@H]3[C@@H]2OC[C@H]3O)CC1. The second kappa shape index (κ2) is 7.58. The van der Waals surface area contributed by atoms with Crippen LogP contribution in [-0.4, -0.2) is 72.5 Å². The average molecular weight is 374 g/mol. The van der Waals surface area contributed by atoms with E-state index in [4.69, 9.17) is 9.47 Å². The van der Waals surface area contributed by atoms with Crippen LogP contribution in [0.2, 0.25) is 0 Å². The van der Waals surface area contributed by atoms with Crippen molar-refractivity contribution in [2.45, 2.75) is 44.1 Å². The van der Waals surface area contributed by atoms with Gasteiger partial charge in [0.2, 0.25) is 5.91 Å². The van der Waals surface area contributed by atoms with Crippen LogP contribution >= 0.6 is 0 Å². The Bertz CT molecular complexity index is 716. The van der Waals surface area contributed by atoms with Crippen LogP contribution in [-0.2, 0) is 14.3 Å². The molecule has 0 unspecified atom stereocenters. The summed E-state index contributed by atoms with van der Waals surface area (Å²) in [4.78, 5) is 27.2. The van der Waals surface area contributed by atoms with Crippen LogP contribution in [0.25, 0.3) is 0 Å². The fraction of sp³-hybridized carbons (Fsp3) is 0.600. The highest BCUT2D eigenvalue weighted by Gasteiger charge is 2.48. The number of fused-ring (bicyclic) bond motifs is 1. The third kappa shape index (κ3) is 3.59. The third-order valence-electron chi connectivity index (χ3n) is 5.88. The van der Waals surface area contributed by atoms with E-state index >= 15 is 0 Å². The molecule has 3 fully saturated rings. The van der Waals surface area contributed by atoms with E-state index in [1.165, 1.54) is 0 Å². The molecular weight excluding hydrogens is 348 g/mol. The molecule has 146 valence electrons. The smallest absolute Gasteiger partial charge is 0.254 e. The van der Waals surface area contributed by atoms with E-state index in [-0.39, 0.29) is 42.6 Å². The van der Waals surface area contributed by atoms with Crippen molar-refractivity contribution in [3.63, 3.8) is 0 Å². The molecule has 4 rings (SSSR count). The number of rotatable bonds is 3. The standard InChI is InChI=1S/C20H26N2O5/c1-12-4-2-3-5-14(12)20(25)22-8-6-13(7-9-22)19(24)21-15-10-26-18-16(23)11-27-17(15)18/h2-5,13,15-18,23H,6-11H2,1H3,(H,21,24)/t15-,16+,17+,18+/m0/s1. The summed E-state index contributed by atoms with van der Waals surface area (Å²) >= 11 is 0. The van der Waals surface area contributed by atoms with Gasteiger partial charge in [0.05, 0.1) is 19.3 Å². The minimum Gasteiger partial charge on any atom is -0.388 e. The van der Waals surface area contributed by atoms with Gasteiger partial charge in [0.15, 0.2) is 0 Å². The number of nitrogens with zero attached hydrogens (tertiary/aromatic N) is 1. The quantitative estimate of drug-likeness (QED) is 0.804. The number of likely N-dealkylation sites (tertiary alicyclic amines) is 1. The van der Waals surface area contributed by atoms with Crippen molar-refractivity contribution in [2.24, 2.45) is 5.92 Å². The van der Waals surface area contributed by atoms with Gasteiger partial charge in [-0.2, -0.15) is 0 Å². The van der Waals surface area contributed by atoms with Gasteiger partial charge in [0, 0.05) is 24.6 Å². The highest BCUT2D eigenvalue weighted by atomic mass is 16.6. The maximum absolute atomic E-state index is 12.7. The first-order valence-electron chi connectivity index (χ1n) is 9.61. The molecule has 3 heterocycles. The molecule has 27 heavy (non-hydrogen) atoms. The Morgan fingerprint density at radius 3 is 2.56 bits per heavy atom. The number of aliphatic hydroxyl groups is 1. The van der Waals surface area contributed by atoms with Crippen molar-refractivity contribution in [1.82, 2.24) is 10.2 Å². The molecule has 0 spiro atoms. The molecule has 1 aromatic rings. The summed E-state index contributed by atoms with van der Waals surface area (Å²) in [5.41, 5.74) is 1.70. The number of piperidine rings is 1. The molecule has 3 saturated heterocycles. The first-order valence-corrected chi connectivity index (χ1v) is 9.61. The minimum atomic E-state index is -0.618. The predicted octanol–water partition coefficient (Wildman–Crippen LogP) is 0.491. The normalized spacial score (nSPS) is 31.0. The van der Waals surface area contributed by atoms with Crippen LogP contribution in [0.15, 0.2) is 24.3 Å². The molecule has 0 radical (unpaired) electrons. The van der Waals surface area contributed by atoms with Gasteiger partial charge in [0.1, 0.15) is 18.3 Å². The van der Waals surface area contributed by atoms with Crippen LogP contribution < -0.4 is 5.32 Å². The summed E-state index contributed by atoms with van der Waals surface area (Å²) in [6.45, 7) is 3.71. The van der Waals surface area contributed by atoms with Crippen molar-refractivity contribution in [1.29, 1.82) is 0 Å². The van der Waals surface area contributed by atoms with Crippen LogP contribution in [0.4, 0.5) is 0 Å². The molecule has 7 heteroatoms. The topological polar surface area (TPSA) is 88.1 Å². The van der Waals surface area contributed by atoms with Crippen LogP contribution in [0.5, 0.6) is 0 Å². The van der Waals surface area contributed by atoms with Gasteiger partial charge in [-0.25, -0.2) is 0 Å². The van der Waals surface area contributed by atoms with E-state index in [1.54, 1.807) is 0 Å². The van der Waals surface area contributed by atoms with Gasteiger partial charge in [-0.1, -0.05) is 18.2 Å². The van der Waals surface area contributed by atoms with Crippen molar-refractivity contribution >= 4 is 11.8 Å². The maximum Gasteiger partial charge on any atom is 0.254 e. The summed E-state index contributed by atoms with van der Waals surface area (Å²) in [5, 5.41) is 12.8. The molecule has 2 amide bonds. The fourth-order valence-corrected chi connectivity index (χ4v) is 4.23. The van der Waals surface area contributed by atoms with E-state index in [9.17, 15) is 14.7 Å². The number of hydrogen-bond donors (Lipinski definition) is 2. The molecule has 0 aliphatic carbocycles. The Morgan fingerprint density at radius 2 is 1.81 bits per heavy atom. The second-order valence-corrected chi connectivity index (χ2v) is 7.66. The van der Waals surface area contributed by atoms with E-state index < -0.39 is 6.10 Å². The first-order chi connectivity index (χ1) is 13.0. The number of hydrogen-bond acceptors (Lipinski definition) is 5. The van der Waals surface area contributed by atoms with Gasteiger partial charge in [-0.15, -0.1) is 0 Å². The Morgan fingerprint density at radius 1 is 1.11 bits per heavy atom. The van der Waals surface area contributed by atoms with Crippen LogP contribution in [0.3, 0.4) is 0 Å². The molecule has 3 aliphatic heterocycles. The van der Waals surface area contributed by atoms with Gasteiger partial charge in [0.25, 0.3) is 5.91 Å². The van der Waals surface area contributed by atoms with Gasteiger partial charge < -0.3 is 24.8 Å². The first kappa shape index (κ1) is 18.4. The van der Waals surface area contributed by atoms with Crippen LogP contribution in [0, 0.1) is 12.8 Å². The van der Waals surface area contributed by atoms with Crippen molar-refractivity contribution in [3.05, 3.63) is 35.4 Å². The lowest BCUT2D eigenvalue weighted by atomic mass is 9.94. The average Bonchev–Trinajstić information content (AvgIpc) is 3.25. The molecule has 7 nitrogen and oxygen atoms in total. The highest BCUT2D eigenvalue weighted by molar-refractivity contribution is 5.95.